The Bertz CT molecular complexity index is 2980. The molecule has 246 valence electrons. The van der Waals surface area contributed by atoms with E-state index in [4.69, 9.17) is 9.98 Å². The number of para-hydroxylation sites is 6. The molecule has 11 rings (SSSR count). The summed E-state index contributed by atoms with van der Waals surface area (Å²) in [6, 6.07) is 56.9. The molecule has 7 aromatic carbocycles. The summed E-state index contributed by atoms with van der Waals surface area (Å²) in [6.07, 6.45) is 0. The van der Waals surface area contributed by atoms with Gasteiger partial charge in [-0.05, 0) is 60.2 Å². The van der Waals surface area contributed by atoms with Crippen molar-refractivity contribution in [3.63, 3.8) is 0 Å². The van der Waals surface area contributed by atoms with E-state index in [0.29, 0.717) is 0 Å². The van der Waals surface area contributed by atoms with Gasteiger partial charge < -0.3 is 9.13 Å². The van der Waals surface area contributed by atoms with Gasteiger partial charge >= 0.3 is 0 Å². The van der Waals surface area contributed by atoms with Crippen LogP contribution in [0.25, 0.3) is 75.8 Å². The van der Waals surface area contributed by atoms with Crippen LogP contribution >= 0.6 is 11.3 Å². The van der Waals surface area contributed by atoms with Crippen molar-refractivity contribution >= 4 is 76.6 Å². The largest absolute Gasteiger partial charge is 0.308 e. The molecule has 0 atom stereocenters. The summed E-state index contributed by atoms with van der Waals surface area (Å²) in [5, 5.41) is 5.91. The molecule has 1 aliphatic rings. The van der Waals surface area contributed by atoms with Crippen molar-refractivity contribution in [2.24, 2.45) is 4.99 Å². The summed E-state index contributed by atoms with van der Waals surface area (Å²) in [7, 11) is 0. The van der Waals surface area contributed by atoms with Crippen LogP contribution in [-0.2, 0) is 5.41 Å². The first kappa shape index (κ1) is 29.4. The SMILES string of the molecule is CC1(C)C(c2cc(-c3nc4ccccc4s3)c(-n3c4ccccc4c4ccccc43)cc2-n2c3ccccc3c3ccccc32)=Nc2ccccc21. The third-order valence-electron chi connectivity index (χ3n) is 10.9. The number of hydrogen-bond donors (Lipinski definition) is 0. The molecule has 0 saturated carbocycles. The third kappa shape index (κ3) is 4.08. The average Bonchev–Trinajstić information content (AvgIpc) is 3.93. The van der Waals surface area contributed by atoms with E-state index in [0.717, 1.165) is 55.5 Å². The first-order valence-corrected chi connectivity index (χ1v) is 18.6. The molecule has 0 unspecified atom stereocenters. The molecule has 1 aliphatic heterocycles. The van der Waals surface area contributed by atoms with Gasteiger partial charge in [0.1, 0.15) is 5.01 Å². The van der Waals surface area contributed by atoms with Gasteiger partial charge in [0.15, 0.2) is 0 Å². The van der Waals surface area contributed by atoms with Crippen molar-refractivity contribution in [1.82, 2.24) is 14.1 Å². The monoisotopic (exact) mass is 684 g/mol. The van der Waals surface area contributed by atoms with Gasteiger partial charge in [-0.25, -0.2) is 4.98 Å². The second-order valence-corrected chi connectivity index (χ2v) is 15.2. The zero-order valence-electron chi connectivity index (χ0n) is 28.7. The predicted molar refractivity (Wildman–Crippen MR) is 219 cm³/mol. The van der Waals surface area contributed by atoms with Crippen LogP contribution < -0.4 is 0 Å². The van der Waals surface area contributed by atoms with Crippen LogP contribution in [0.4, 0.5) is 5.69 Å². The highest BCUT2D eigenvalue weighted by Crippen LogP contribution is 2.47. The Labute approximate surface area is 304 Å². The summed E-state index contributed by atoms with van der Waals surface area (Å²) < 4.78 is 6.08. The van der Waals surface area contributed by atoms with E-state index in [1.165, 1.54) is 42.8 Å². The van der Waals surface area contributed by atoms with Crippen molar-refractivity contribution in [1.29, 1.82) is 0 Å². The van der Waals surface area contributed by atoms with Crippen LogP contribution in [0.5, 0.6) is 0 Å². The molecule has 4 nitrogen and oxygen atoms in total. The maximum Gasteiger partial charge on any atom is 0.126 e. The fraction of sp³-hybridized carbons (Fsp3) is 0.0638. The molecular formula is C47H32N4S. The summed E-state index contributed by atoms with van der Waals surface area (Å²) in [5.41, 5.74) is 13.0. The number of aromatic nitrogens is 3. The Balaban J connectivity index is 1.34. The first-order valence-electron chi connectivity index (χ1n) is 17.8. The Kier molecular flexibility index (Phi) is 6.14. The number of fused-ring (bicyclic) bond motifs is 8. The Morgan fingerprint density at radius 3 is 1.54 bits per heavy atom. The summed E-state index contributed by atoms with van der Waals surface area (Å²) >= 11 is 1.75. The molecule has 0 aliphatic carbocycles. The number of nitrogens with zero attached hydrogens (tertiary/aromatic N) is 4. The van der Waals surface area contributed by atoms with Gasteiger partial charge in [0.2, 0.25) is 0 Å². The van der Waals surface area contributed by atoms with E-state index in [9.17, 15) is 0 Å². The van der Waals surface area contributed by atoms with Gasteiger partial charge in [0.25, 0.3) is 0 Å². The molecule has 0 bridgehead atoms. The molecule has 0 N–H and O–H groups in total. The van der Waals surface area contributed by atoms with Crippen LogP contribution in [0.1, 0.15) is 25.0 Å². The molecular weight excluding hydrogens is 653 g/mol. The van der Waals surface area contributed by atoms with E-state index in [2.05, 4.69) is 181 Å². The molecule has 10 aromatic rings. The minimum atomic E-state index is -0.330. The standard InChI is InChI=1S/C47H32N4S/c1-47(2)35-19-7-8-20-36(35)48-45(47)33-27-34(46-49-37-21-9-14-26-44(37)52-46)43(51-40-24-12-5-17-31(40)32-18-6-13-25-41(32)51)28-42(33)50-38-22-10-3-15-29(38)30-16-4-11-23-39(30)50/h3-28H,1-2H3. The normalized spacial score (nSPS) is 13.8. The van der Waals surface area contributed by atoms with Gasteiger partial charge in [-0.2, -0.15) is 0 Å². The van der Waals surface area contributed by atoms with Crippen LogP contribution in [0.3, 0.4) is 0 Å². The maximum absolute atomic E-state index is 5.45. The quantitative estimate of drug-likeness (QED) is 0.182. The molecule has 52 heavy (non-hydrogen) atoms. The highest BCUT2D eigenvalue weighted by atomic mass is 32.1. The van der Waals surface area contributed by atoms with Gasteiger partial charge in [-0.1, -0.05) is 117 Å². The van der Waals surface area contributed by atoms with E-state index in [1.807, 2.05) is 0 Å². The molecule has 4 heterocycles. The molecule has 0 radical (unpaired) electrons. The van der Waals surface area contributed by atoms with Crippen molar-refractivity contribution in [2.45, 2.75) is 19.3 Å². The van der Waals surface area contributed by atoms with Gasteiger partial charge in [-0.3, -0.25) is 4.99 Å². The number of benzene rings is 7. The molecule has 0 saturated heterocycles. The topological polar surface area (TPSA) is 35.1 Å². The number of thiazole rings is 1. The van der Waals surface area contributed by atoms with Crippen LogP contribution in [0.15, 0.2) is 163 Å². The lowest BCUT2D eigenvalue weighted by Gasteiger charge is -2.26. The van der Waals surface area contributed by atoms with Crippen LogP contribution in [0, 0.1) is 0 Å². The second kappa shape index (κ2) is 10.8. The smallest absolute Gasteiger partial charge is 0.126 e. The van der Waals surface area contributed by atoms with Gasteiger partial charge in [0.05, 0.1) is 55.1 Å². The average molecular weight is 685 g/mol. The Morgan fingerprint density at radius 2 is 0.981 bits per heavy atom. The minimum absolute atomic E-state index is 0.330. The molecule has 0 amide bonds. The van der Waals surface area contributed by atoms with Crippen molar-refractivity contribution in [3.05, 3.63) is 169 Å². The van der Waals surface area contributed by atoms with Crippen molar-refractivity contribution < 1.29 is 0 Å². The van der Waals surface area contributed by atoms with Crippen molar-refractivity contribution in [3.8, 4) is 21.9 Å². The predicted octanol–water partition coefficient (Wildman–Crippen LogP) is 12.6. The Morgan fingerprint density at radius 1 is 0.500 bits per heavy atom. The zero-order chi connectivity index (χ0) is 34.6. The minimum Gasteiger partial charge on any atom is -0.308 e. The molecule has 0 fully saturated rings. The molecule has 3 aromatic heterocycles. The van der Waals surface area contributed by atoms with E-state index in [1.54, 1.807) is 11.3 Å². The number of hydrogen-bond acceptors (Lipinski definition) is 3. The lowest BCUT2D eigenvalue weighted by molar-refractivity contribution is 0.737. The number of aliphatic imine (C=N–C) groups is 1. The Hall–Kier alpha value is -6.30. The summed E-state index contributed by atoms with van der Waals surface area (Å²) in [5.74, 6) is 0. The third-order valence-corrected chi connectivity index (χ3v) is 12.0. The van der Waals surface area contributed by atoms with Crippen molar-refractivity contribution in [2.75, 3.05) is 0 Å². The summed E-state index contributed by atoms with van der Waals surface area (Å²) in [6.45, 7) is 4.62. The van der Waals surface area contributed by atoms with E-state index >= 15 is 0 Å². The van der Waals surface area contributed by atoms with Gasteiger partial charge in [-0.15, -0.1) is 11.3 Å². The highest BCUT2D eigenvalue weighted by Gasteiger charge is 2.38. The fourth-order valence-corrected chi connectivity index (χ4v) is 9.53. The lowest BCUT2D eigenvalue weighted by Crippen LogP contribution is -2.27. The molecule has 0 spiro atoms. The number of rotatable bonds is 4. The molecule has 5 heteroatoms. The fourth-order valence-electron chi connectivity index (χ4n) is 8.54. The van der Waals surface area contributed by atoms with E-state index in [-0.39, 0.29) is 5.41 Å². The maximum atomic E-state index is 5.45. The summed E-state index contributed by atoms with van der Waals surface area (Å²) in [4.78, 5) is 10.8. The zero-order valence-corrected chi connectivity index (χ0v) is 29.5. The second-order valence-electron chi connectivity index (χ2n) is 14.2. The van der Waals surface area contributed by atoms with Crippen LogP contribution in [0.2, 0.25) is 0 Å². The lowest BCUT2D eigenvalue weighted by atomic mass is 9.78. The van der Waals surface area contributed by atoms with Crippen LogP contribution in [-0.4, -0.2) is 19.8 Å². The first-order chi connectivity index (χ1) is 25.6. The highest BCUT2D eigenvalue weighted by molar-refractivity contribution is 7.21. The van der Waals surface area contributed by atoms with Gasteiger partial charge in [0, 0.05) is 38.1 Å². The van der Waals surface area contributed by atoms with E-state index < -0.39 is 0 Å².